The van der Waals surface area contributed by atoms with Crippen LogP contribution in [-0.2, 0) is 0 Å². The van der Waals surface area contributed by atoms with E-state index in [0.717, 1.165) is 15.8 Å². The van der Waals surface area contributed by atoms with Gasteiger partial charge >= 0.3 is 0 Å². The molecule has 2 atom stereocenters. The Hall–Kier alpha value is -0.620. The standard InChI is InChI=1S/C15H24BrNO3/c1-10(2)14(8-18)17-7-12(19)9-20-15-5-4-11(3)6-13(15)16/h4-6,10,12,14,17-19H,7-9H2,1-3H3. The number of nitrogens with one attached hydrogen (secondary N) is 1. The Bertz CT molecular complexity index is 412. The van der Waals surface area contributed by atoms with Crippen LogP contribution < -0.4 is 10.1 Å². The highest BCUT2D eigenvalue weighted by atomic mass is 79.9. The van der Waals surface area contributed by atoms with E-state index in [1.807, 2.05) is 39.0 Å². The highest BCUT2D eigenvalue weighted by Crippen LogP contribution is 2.25. The molecule has 0 heterocycles. The number of hydrogen-bond acceptors (Lipinski definition) is 4. The van der Waals surface area contributed by atoms with Crippen LogP contribution in [0.15, 0.2) is 22.7 Å². The molecule has 114 valence electrons. The van der Waals surface area contributed by atoms with Crippen LogP contribution in [0.25, 0.3) is 0 Å². The maximum absolute atomic E-state index is 9.90. The summed E-state index contributed by atoms with van der Waals surface area (Å²) in [5, 5.41) is 22.2. The molecule has 1 aromatic rings. The molecule has 2 unspecified atom stereocenters. The first-order valence-corrected chi connectivity index (χ1v) is 7.64. The van der Waals surface area contributed by atoms with Crippen LogP contribution >= 0.6 is 15.9 Å². The molecule has 0 aliphatic carbocycles. The van der Waals surface area contributed by atoms with Gasteiger partial charge < -0.3 is 20.3 Å². The second-order valence-electron chi connectivity index (χ2n) is 5.34. The Kier molecular flexibility index (Phi) is 7.51. The Labute approximate surface area is 129 Å². The fourth-order valence-electron chi connectivity index (χ4n) is 1.77. The highest BCUT2D eigenvalue weighted by molar-refractivity contribution is 9.10. The van der Waals surface area contributed by atoms with Crippen LogP contribution in [0.4, 0.5) is 0 Å². The molecule has 1 aromatic carbocycles. The number of halogens is 1. The van der Waals surface area contributed by atoms with Gasteiger partial charge in [-0.15, -0.1) is 0 Å². The van der Waals surface area contributed by atoms with Gasteiger partial charge in [-0.05, 0) is 46.5 Å². The average molecular weight is 346 g/mol. The summed E-state index contributed by atoms with van der Waals surface area (Å²) in [7, 11) is 0. The highest BCUT2D eigenvalue weighted by Gasteiger charge is 2.14. The normalized spacial score (nSPS) is 14.3. The Morgan fingerprint density at radius 3 is 2.60 bits per heavy atom. The van der Waals surface area contributed by atoms with Crippen molar-refractivity contribution in [3.8, 4) is 5.75 Å². The number of aryl methyl sites for hydroxylation is 1. The van der Waals surface area contributed by atoms with Gasteiger partial charge in [0, 0.05) is 12.6 Å². The third-order valence-electron chi connectivity index (χ3n) is 3.14. The largest absolute Gasteiger partial charge is 0.490 e. The van der Waals surface area contributed by atoms with E-state index in [4.69, 9.17) is 4.74 Å². The van der Waals surface area contributed by atoms with Crippen LogP contribution in [0, 0.1) is 12.8 Å². The van der Waals surface area contributed by atoms with Crippen molar-refractivity contribution in [2.75, 3.05) is 19.8 Å². The van der Waals surface area contributed by atoms with Gasteiger partial charge in [-0.3, -0.25) is 0 Å². The smallest absolute Gasteiger partial charge is 0.133 e. The zero-order valence-electron chi connectivity index (χ0n) is 12.3. The van der Waals surface area contributed by atoms with Crippen LogP contribution in [0.2, 0.25) is 0 Å². The van der Waals surface area contributed by atoms with E-state index in [2.05, 4.69) is 21.2 Å². The number of aliphatic hydroxyl groups excluding tert-OH is 2. The Morgan fingerprint density at radius 2 is 2.05 bits per heavy atom. The first-order chi connectivity index (χ1) is 9.43. The molecule has 0 bridgehead atoms. The zero-order valence-corrected chi connectivity index (χ0v) is 13.9. The maximum Gasteiger partial charge on any atom is 0.133 e. The molecular weight excluding hydrogens is 322 g/mol. The molecule has 0 amide bonds. The summed E-state index contributed by atoms with van der Waals surface area (Å²) in [6, 6.07) is 5.81. The lowest BCUT2D eigenvalue weighted by Gasteiger charge is -2.22. The number of hydrogen-bond donors (Lipinski definition) is 3. The lowest BCUT2D eigenvalue weighted by Crippen LogP contribution is -2.42. The summed E-state index contributed by atoms with van der Waals surface area (Å²) in [4.78, 5) is 0. The molecule has 0 saturated heterocycles. The van der Waals surface area contributed by atoms with Crippen LogP contribution in [-0.4, -0.2) is 42.1 Å². The number of aliphatic hydroxyl groups is 2. The quantitative estimate of drug-likeness (QED) is 0.675. The molecule has 0 aliphatic heterocycles. The van der Waals surface area contributed by atoms with Gasteiger partial charge in [-0.1, -0.05) is 19.9 Å². The molecule has 3 N–H and O–H groups in total. The van der Waals surface area contributed by atoms with Gasteiger partial charge in [0.15, 0.2) is 0 Å². The molecule has 0 saturated carbocycles. The van der Waals surface area contributed by atoms with E-state index in [1.54, 1.807) is 0 Å². The van der Waals surface area contributed by atoms with Gasteiger partial charge in [0.25, 0.3) is 0 Å². The zero-order chi connectivity index (χ0) is 15.1. The summed E-state index contributed by atoms with van der Waals surface area (Å²) in [6.45, 7) is 6.74. The van der Waals surface area contributed by atoms with Gasteiger partial charge in [-0.2, -0.15) is 0 Å². The molecule has 0 spiro atoms. The first-order valence-electron chi connectivity index (χ1n) is 6.85. The minimum Gasteiger partial charge on any atom is -0.490 e. The molecule has 0 fully saturated rings. The SMILES string of the molecule is Cc1ccc(OCC(O)CNC(CO)C(C)C)c(Br)c1. The topological polar surface area (TPSA) is 61.7 Å². The maximum atomic E-state index is 9.90. The molecule has 20 heavy (non-hydrogen) atoms. The second kappa shape index (κ2) is 8.62. The lowest BCUT2D eigenvalue weighted by molar-refractivity contribution is 0.0958. The van der Waals surface area contributed by atoms with Crippen LogP contribution in [0.5, 0.6) is 5.75 Å². The van der Waals surface area contributed by atoms with Crippen molar-refractivity contribution >= 4 is 15.9 Å². The average Bonchev–Trinajstić information content (AvgIpc) is 2.38. The van der Waals surface area contributed by atoms with Crippen molar-refractivity contribution in [1.82, 2.24) is 5.32 Å². The lowest BCUT2D eigenvalue weighted by atomic mass is 10.1. The van der Waals surface area contributed by atoms with E-state index in [-0.39, 0.29) is 19.3 Å². The Morgan fingerprint density at radius 1 is 1.35 bits per heavy atom. The summed E-state index contributed by atoms with van der Waals surface area (Å²) >= 11 is 3.43. The van der Waals surface area contributed by atoms with Gasteiger partial charge in [0.1, 0.15) is 18.5 Å². The van der Waals surface area contributed by atoms with Gasteiger partial charge in [0.2, 0.25) is 0 Å². The summed E-state index contributed by atoms with van der Waals surface area (Å²) in [6.07, 6.45) is -0.615. The predicted octanol–water partition coefficient (Wildman–Crippen LogP) is 2.10. The summed E-state index contributed by atoms with van der Waals surface area (Å²) < 4.78 is 6.46. The molecule has 1 rings (SSSR count). The molecule has 0 aliphatic rings. The van der Waals surface area contributed by atoms with E-state index >= 15 is 0 Å². The molecular formula is C15H24BrNO3. The Balaban J connectivity index is 2.37. The van der Waals surface area contributed by atoms with Crippen molar-refractivity contribution in [3.05, 3.63) is 28.2 Å². The van der Waals surface area contributed by atoms with Crippen molar-refractivity contribution in [3.63, 3.8) is 0 Å². The number of rotatable bonds is 8. The van der Waals surface area contributed by atoms with Crippen molar-refractivity contribution in [2.24, 2.45) is 5.92 Å². The number of ether oxygens (including phenoxy) is 1. The molecule has 5 heteroatoms. The summed E-state index contributed by atoms with van der Waals surface area (Å²) in [5.41, 5.74) is 1.15. The first kappa shape index (κ1) is 17.4. The molecule has 0 radical (unpaired) electrons. The van der Waals surface area contributed by atoms with E-state index in [1.165, 1.54) is 0 Å². The van der Waals surface area contributed by atoms with Gasteiger partial charge in [-0.25, -0.2) is 0 Å². The van der Waals surface area contributed by atoms with Crippen molar-refractivity contribution < 1.29 is 14.9 Å². The van der Waals surface area contributed by atoms with Crippen LogP contribution in [0.3, 0.4) is 0 Å². The number of benzene rings is 1. The molecule has 4 nitrogen and oxygen atoms in total. The van der Waals surface area contributed by atoms with Gasteiger partial charge in [0.05, 0.1) is 11.1 Å². The summed E-state index contributed by atoms with van der Waals surface area (Å²) in [5.74, 6) is 1.04. The predicted molar refractivity (Wildman–Crippen MR) is 84.1 cm³/mol. The second-order valence-corrected chi connectivity index (χ2v) is 6.19. The third-order valence-corrected chi connectivity index (χ3v) is 3.76. The van der Waals surface area contributed by atoms with Crippen molar-refractivity contribution in [2.45, 2.75) is 32.9 Å². The van der Waals surface area contributed by atoms with E-state index in [9.17, 15) is 10.2 Å². The third kappa shape index (κ3) is 5.79. The van der Waals surface area contributed by atoms with Crippen molar-refractivity contribution in [1.29, 1.82) is 0 Å². The van der Waals surface area contributed by atoms with Crippen LogP contribution in [0.1, 0.15) is 19.4 Å². The minimum atomic E-state index is -0.615. The fourth-order valence-corrected chi connectivity index (χ4v) is 2.37. The fraction of sp³-hybridized carbons (Fsp3) is 0.600. The molecule has 0 aromatic heterocycles. The monoisotopic (exact) mass is 345 g/mol. The van der Waals surface area contributed by atoms with E-state index < -0.39 is 6.10 Å². The minimum absolute atomic E-state index is 0.00393. The van der Waals surface area contributed by atoms with E-state index in [0.29, 0.717) is 12.5 Å².